The molecule has 0 saturated carbocycles. The van der Waals surface area contributed by atoms with Crippen molar-refractivity contribution in [3.8, 4) is 0 Å². The van der Waals surface area contributed by atoms with Crippen LogP contribution in [0.15, 0.2) is 84.9 Å². The quantitative estimate of drug-likeness (QED) is 0.183. The molecular formula is C31H35N3O6. The molecule has 0 radical (unpaired) electrons. The maximum absolute atomic E-state index is 12.5. The SMILES string of the molecule is O=C(CCCCCNC(=O)OCc1ccccc1)Nc1cccc(C(=O)NCCC(=O)OCc2ccccc2)c1. The van der Waals surface area contributed by atoms with Crippen LogP contribution in [0.2, 0.25) is 0 Å². The number of unbranched alkanes of at least 4 members (excludes halogenated alkanes) is 2. The molecule has 3 rings (SSSR count). The van der Waals surface area contributed by atoms with E-state index in [1.165, 1.54) is 0 Å². The molecule has 0 heterocycles. The van der Waals surface area contributed by atoms with Gasteiger partial charge in [-0.1, -0.05) is 73.2 Å². The number of carbonyl (C=O) groups excluding carboxylic acids is 4. The van der Waals surface area contributed by atoms with E-state index in [0.29, 0.717) is 30.6 Å². The Morgan fingerprint density at radius 3 is 2.00 bits per heavy atom. The first-order chi connectivity index (χ1) is 19.5. The Hall–Kier alpha value is -4.66. The standard InChI is InChI=1S/C31H35N3O6/c35-28(17-8-3-9-19-33-31(38)40-23-25-13-6-2-7-14-25)34-27-16-10-15-26(21-27)30(37)32-20-18-29(36)39-22-24-11-4-1-5-12-24/h1-2,4-7,10-16,21H,3,8-9,17-20,22-23H2,(H,32,37)(H,33,38)(H,34,35). The molecule has 40 heavy (non-hydrogen) atoms. The maximum atomic E-state index is 12.5. The minimum atomic E-state index is -0.464. The summed E-state index contributed by atoms with van der Waals surface area (Å²) in [6, 6.07) is 25.4. The first-order valence-corrected chi connectivity index (χ1v) is 13.3. The molecule has 0 spiro atoms. The average Bonchev–Trinajstić information content (AvgIpc) is 2.98. The van der Waals surface area contributed by atoms with Crippen molar-refractivity contribution in [2.45, 2.75) is 45.3 Å². The van der Waals surface area contributed by atoms with Gasteiger partial charge in [0.1, 0.15) is 13.2 Å². The third-order valence-electron chi connectivity index (χ3n) is 5.83. The highest BCUT2D eigenvalue weighted by atomic mass is 16.5. The average molecular weight is 546 g/mol. The lowest BCUT2D eigenvalue weighted by Crippen LogP contribution is -2.26. The number of benzene rings is 3. The van der Waals surface area contributed by atoms with Gasteiger partial charge in [-0.15, -0.1) is 0 Å². The van der Waals surface area contributed by atoms with Gasteiger partial charge in [0, 0.05) is 30.8 Å². The van der Waals surface area contributed by atoms with Gasteiger partial charge in [-0.3, -0.25) is 14.4 Å². The number of carbonyl (C=O) groups is 4. The smallest absolute Gasteiger partial charge is 0.407 e. The van der Waals surface area contributed by atoms with Crippen LogP contribution < -0.4 is 16.0 Å². The summed E-state index contributed by atoms with van der Waals surface area (Å²) < 4.78 is 10.4. The molecular weight excluding hydrogens is 510 g/mol. The predicted molar refractivity (Wildman–Crippen MR) is 151 cm³/mol. The van der Waals surface area contributed by atoms with Gasteiger partial charge in [0.15, 0.2) is 0 Å². The summed E-state index contributed by atoms with van der Waals surface area (Å²) in [6.07, 6.45) is 2.06. The van der Waals surface area contributed by atoms with Gasteiger partial charge >= 0.3 is 12.1 Å². The number of alkyl carbamates (subject to hydrolysis) is 1. The van der Waals surface area contributed by atoms with Crippen molar-refractivity contribution < 1.29 is 28.7 Å². The van der Waals surface area contributed by atoms with Crippen molar-refractivity contribution in [3.05, 3.63) is 102 Å². The first-order valence-electron chi connectivity index (χ1n) is 13.3. The molecule has 9 heteroatoms. The maximum Gasteiger partial charge on any atom is 0.407 e. The summed E-state index contributed by atoms with van der Waals surface area (Å²) in [5, 5.41) is 8.20. The van der Waals surface area contributed by atoms with E-state index in [4.69, 9.17) is 9.47 Å². The topological polar surface area (TPSA) is 123 Å². The van der Waals surface area contributed by atoms with E-state index in [0.717, 1.165) is 24.0 Å². The Morgan fingerprint density at radius 1 is 0.625 bits per heavy atom. The zero-order valence-electron chi connectivity index (χ0n) is 22.4. The van der Waals surface area contributed by atoms with E-state index in [1.54, 1.807) is 24.3 Å². The molecule has 0 bridgehead atoms. The van der Waals surface area contributed by atoms with Crippen LogP contribution in [0.4, 0.5) is 10.5 Å². The van der Waals surface area contributed by atoms with Gasteiger partial charge in [0.25, 0.3) is 5.91 Å². The fourth-order valence-corrected chi connectivity index (χ4v) is 3.70. The lowest BCUT2D eigenvalue weighted by Gasteiger charge is -2.09. The normalized spacial score (nSPS) is 10.3. The molecule has 3 amide bonds. The fourth-order valence-electron chi connectivity index (χ4n) is 3.70. The van der Waals surface area contributed by atoms with Gasteiger partial charge in [0.2, 0.25) is 5.91 Å². The highest BCUT2D eigenvalue weighted by Gasteiger charge is 2.10. The molecule has 0 atom stereocenters. The van der Waals surface area contributed by atoms with Crippen LogP contribution in [-0.2, 0) is 32.3 Å². The molecule has 0 saturated heterocycles. The third kappa shape index (κ3) is 11.8. The summed E-state index contributed by atoms with van der Waals surface area (Å²) in [4.78, 5) is 48.4. The third-order valence-corrected chi connectivity index (χ3v) is 5.83. The number of esters is 1. The molecule has 9 nitrogen and oxygen atoms in total. The first kappa shape index (κ1) is 29.9. The van der Waals surface area contributed by atoms with E-state index in [2.05, 4.69) is 16.0 Å². The summed E-state index contributed by atoms with van der Waals surface area (Å²) in [5.41, 5.74) is 2.71. The summed E-state index contributed by atoms with van der Waals surface area (Å²) in [7, 11) is 0. The molecule has 3 aromatic carbocycles. The van der Waals surface area contributed by atoms with E-state index in [-0.39, 0.29) is 38.0 Å². The summed E-state index contributed by atoms with van der Waals surface area (Å²) in [5.74, 6) is -0.903. The predicted octanol–water partition coefficient (Wildman–Crippen LogP) is 4.98. The minimum Gasteiger partial charge on any atom is -0.461 e. The Bertz CT molecular complexity index is 1230. The second-order valence-electron chi connectivity index (χ2n) is 9.08. The fraction of sp³-hybridized carbons (Fsp3) is 0.290. The monoisotopic (exact) mass is 545 g/mol. The molecule has 0 fully saturated rings. The number of hydrogen-bond acceptors (Lipinski definition) is 6. The second-order valence-corrected chi connectivity index (χ2v) is 9.08. The number of rotatable bonds is 15. The van der Waals surface area contributed by atoms with Crippen molar-refractivity contribution in [1.29, 1.82) is 0 Å². The Balaban J connectivity index is 1.25. The van der Waals surface area contributed by atoms with Crippen LogP contribution in [0.1, 0.15) is 53.6 Å². The van der Waals surface area contributed by atoms with Crippen LogP contribution in [0.5, 0.6) is 0 Å². The van der Waals surface area contributed by atoms with Gasteiger partial charge in [0.05, 0.1) is 6.42 Å². The summed E-state index contributed by atoms with van der Waals surface area (Å²) >= 11 is 0. The Labute approximate surface area is 234 Å². The Kier molecular flexibility index (Phi) is 12.7. The summed E-state index contributed by atoms with van der Waals surface area (Å²) in [6.45, 7) is 1.02. The van der Waals surface area contributed by atoms with Crippen molar-refractivity contribution in [2.24, 2.45) is 0 Å². The van der Waals surface area contributed by atoms with Crippen LogP contribution in [0.3, 0.4) is 0 Å². The largest absolute Gasteiger partial charge is 0.461 e. The van der Waals surface area contributed by atoms with Gasteiger partial charge in [-0.25, -0.2) is 4.79 Å². The highest BCUT2D eigenvalue weighted by Crippen LogP contribution is 2.12. The van der Waals surface area contributed by atoms with Crippen molar-refractivity contribution in [3.63, 3.8) is 0 Å². The van der Waals surface area contributed by atoms with Crippen molar-refractivity contribution in [2.75, 3.05) is 18.4 Å². The zero-order chi connectivity index (χ0) is 28.4. The number of anilines is 1. The van der Waals surface area contributed by atoms with Crippen molar-refractivity contribution >= 4 is 29.6 Å². The van der Waals surface area contributed by atoms with Gasteiger partial charge < -0.3 is 25.4 Å². The molecule has 0 aliphatic rings. The minimum absolute atomic E-state index is 0.0550. The highest BCUT2D eigenvalue weighted by molar-refractivity contribution is 5.97. The molecule has 0 aromatic heterocycles. The Morgan fingerprint density at radius 2 is 1.30 bits per heavy atom. The molecule has 210 valence electrons. The molecule has 0 unspecified atom stereocenters. The van der Waals surface area contributed by atoms with Gasteiger partial charge in [-0.2, -0.15) is 0 Å². The zero-order valence-corrected chi connectivity index (χ0v) is 22.4. The van der Waals surface area contributed by atoms with Crippen LogP contribution in [0.25, 0.3) is 0 Å². The van der Waals surface area contributed by atoms with Crippen molar-refractivity contribution in [1.82, 2.24) is 10.6 Å². The van der Waals surface area contributed by atoms with E-state index < -0.39 is 12.1 Å². The van der Waals surface area contributed by atoms with Crippen LogP contribution in [-0.4, -0.2) is 37.0 Å². The number of nitrogens with one attached hydrogen (secondary N) is 3. The molecule has 3 N–H and O–H groups in total. The van der Waals surface area contributed by atoms with E-state index >= 15 is 0 Å². The molecule has 0 aliphatic heterocycles. The lowest BCUT2D eigenvalue weighted by molar-refractivity contribution is -0.144. The lowest BCUT2D eigenvalue weighted by atomic mass is 10.1. The molecule has 3 aromatic rings. The number of hydrogen-bond donors (Lipinski definition) is 3. The van der Waals surface area contributed by atoms with Crippen LogP contribution >= 0.6 is 0 Å². The number of amides is 3. The van der Waals surface area contributed by atoms with Gasteiger partial charge in [-0.05, 0) is 42.2 Å². The second kappa shape index (κ2) is 17.0. The van der Waals surface area contributed by atoms with E-state index in [1.807, 2.05) is 60.7 Å². The molecule has 0 aliphatic carbocycles. The van der Waals surface area contributed by atoms with Crippen LogP contribution in [0, 0.1) is 0 Å². The van der Waals surface area contributed by atoms with E-state index in [9.17, 15) is 19.2 Å². The number of ether oxygens (including phenoxy) is 2.